The SMILES string of the molecule is COc1ccc([N+](=O)[O-])cc1-n1c(C)cc([C@@H]2[C@@H](c3ccccn3)NC(=S)N2CCC(=O)Nc2cccc3ccccc23)c1C. The molecule has 228 valence electrons. The summed E-state index contributed by atoms with van der Waals surface area (Å²) < 4.78 is 7.57. The number of fused-ring (bicyclic) bond motifs is 1. The molecule has 5 aromatic rings. The number of aryl methyl sites for hydroxylation is 1. The summed E-state index contributed by atoms with van der Waals surface area (Å²) in [6.45, 7) is 4.29. The van der Waals surface area contributed by atoms with Crippen LogP contribution >= 0.6 is 12.2 Å². The summed E-state index contributed by atoms with van der Waals surface area (Å²) in [4.78, 5) is 31.2. The molecule has 1 fully saturated rings. The van der Waals surface area contributed by atoms with E-state index in [0.717, 1.165) is 39.1 Å². The van der Waals surface area contributed by atoms with Gasteiger partial charge in [0.2, 0.25) is 5.91 Å². The maximum atomic E-state index is 13.3. The number of aromatic nitrogens is 2. The number of nitrogens with one attached hydrogen (secondary N) is 2. The van der Waals surface area contributed by atoms with Crippen LogP contribution in [-0.4, -0.2) is 44.0 Å². The van der Waals surface area contributed by atoms with Crippen LogP contribution in [0.3, 0.4) is 0 Å². The molecule has 1 amide bonds. The van der Waals surface area contributed by atoms with E-state index in [-0.39, 0.29) is 30.1 Å². The van der Waals surface area contributed by atoms with Gasteiger partial charge in [0.15, 0.2) is 5.11 Å². The highest BCUT2D eigenvalue weighted by molar-refractivity contribution is 7.80. The second kappa shape index (κ2) is 12.4. The molecule has 2 N–H and O–H groups in total. The highest BCUT2D eigenvalue weighted by Crippen LogP contribution is 2.42. The Kier molecular flexibility index (Phi) is 8.18. The molecule has 3 heterocycles. The summed E-state index contributed by atoms with van der Waals surface area (Å²) >= 11 is 5.85. The molecule has 3 aromatic carbocycles. The second-order valence-electron chi connectivity index (χ2n) is 10.9. The molecule has 2 aromatic heterocycles. The fourth-order valence-corrected chi connectivity index (χ4v) is 6.51. The number of pyridine rings is 1. The van der Waals surface area contributed by atoms with Gasteiger partial charge in [-0.05, 0) is 67.3 Å². The number of carbonyl (C=O) groups excluding carboxylic acids is 1. The molecular weight excluding hydrogens is 588 g/mol. The molecule has 0 radical (unpaired) electrons. The Balaban J connectivity index is 1.35. The van der Waals surface area contributed by atoms with E-state index in [1.54, 1.807) is 19.4 Å². The number of nitrogens with zero attached hydrogens (tertiary/aromatic N) is 4. The van der Waals surface area contributed by atoms with Crippen LogP contribution in [-0.2, 0) is 4.79 Å². The second-order valence-corrected chi connectivity index (χ2v) is 11.3. The maximum Gasteiger partial charge on any atom is 0.271 e. The van der Waals surface area contributed by atoms with E-state index >= 15 is 0 Å². The van der Waals surface area contributed by atoms with Crippen molar-refractivity contribution < 1.29 is 14.5 Å². The lowest BCUT2D eigenvalue weighted by Crippen LogP contribution is -2.33. The number of nitro benzene ring substituents is 1. The van der Waals surface area contributed by atoms with E-state index < -0.39 is 4.92 Å². The monoisotopic (exact) mass is 620 g/mol. The normalized spacial score (nSPS) is 16.1. The molecule has 1 aliphatic rings. The number of anilines is 1. The van der Waals surface area contributed by atoms with Crippen molar-refractivity contribution in [2.45, 2.75) is 32.4 Å². The van der Waals surface area contributed by atoms with Crippen LogP contribution in [0.1, 0.15) is 41.1 Å². The van der Waals surface area contributed by atoms with Gasteiger partial charge in [-0.3, -0.25) is 19.9 Å². The van der Waals surface area contributed by atoms with E-state index in [0.29, 0.717) is 23.1 Å². The number of thiocarbonyl (C=S) groups is 1. The van der Waals surface area contributed by atoms with Gasteiger partial charge >= 0.3 is 0 Å². The first-order chi connectivity index (χ1) is 21.8. The smallest absolute Gasteiger partial charge is 0.271 e. The molecule has 10 nitrogen and oxygen atoms in total. The number of carbonyl (C=O) groups is 1. The van der Waals surface area contributed by atoms with Gasteiger partial charge in [0.25, 0.3) is 5.69 Å². The van der Waals surface area contributed by atoms with Gasteiger partial charge in [-0.25, -0.2) is 0 Å². The van der Waals surface area contributed by atoms with E-state index in [1.807, 2.05) is 84.0 Å². The van der Waals surface area contributed by atoms with E-state index in [2.05, 4.69) is 21.7 Å². The van der Waals surface area contributed by atoms with Crippen LogP contribution in [0, 0.1) is 24.0 Å². The average Bonchev–Trinajstić information content (AvgIpc) is 3.53. The number of non-ortho nitro benzene ring substituents is 1. The Labute approximate surface area is 265 Å². The zero-order valence-electron chi connectivity index (χ0n) is 25.1. The molecule has 0 spiro atoms. The Bertz CT molecular complexity index is 1920. The Hall–Kier alpha value is -5.29. The van der Waals surface area contributed by atoms with Crippen molar-refractivity contribution in [3.05, 3.63) is 124 Å². The third-order valence-corrected chi connectivity index (χ3v) is 8.60. The minimum absolute atomic E-state index is 0.0336. The lowest BCUT2D eigenvalue weighted by atomic mass is 9.96. The van der Waals surface area contributed by atoms with Gasteiger partial charge in [0.05, 0.1) is 35.5 Å². The van der Waals surface area contributed by atoms with Crippen LogP contribution in [0.25, 0.3) is 16.5 Å². The number of rotatable bonds is 9. The van der Waals surface area contributed by atoms with E-state index in [1.165, 1.54) is 12.1 Å². The number of methoxy groups -OCH3 is 1. The number of nitro groups is 1. The number of hydrogen-bond donors (Lipinski definition) is 2. The molecule has 1 aliphatic heterocycles. The molecule has 0 bridgehead atoms. The average molecular weight is 621 g/mol. The summed E-state index contributed by atoms with van der Waals surface area (Å²) in [6, 6.07) is 25.5. The quantitative estimate of drug-likeness (QED) is 0.108. The Morgan fingerprint density at radius 2 is 1.84 bits per heavy atom. The fraction of sp³-hybridized carbons (Fsp3) is 0.206. The minimum atomic E-state index is -0.417. The largest absolute Gasteiger partial charge is 0.495 e. The first-order valence-electron chi connectivity index (χ1n) is 14.5. The standard InChI is InChI=1S/C34H32N6O4S/c1-21-19-26(22(2)39(21)29-20-24(40(42)43)14-15-30(29)44-3)33-32(28-12-6-7-17-35-28)37-34(45)38(33)18-16-31(41)36-27-13-8-10-23-9-4-5-11-25(23)27/h4-15,17,19-20,32-33H,16,18H2,1-3H3,(H,36,41)(H,37,45)/t32-,33-/m1/s1. The maximum absolute atomic E-state index is 13.3. The topological polar surface area (TPSA) is 115 Å². The van der Waals surface area contributed by atoms with Crippen molar-refractivity contribution in [3.8, 4) is 11.4 Å². The summed E-state index contributed by atoms with van der Waals surface area (Å²) in [5.41, 5.74) is 4.80. The van der Waals surface area contributed by atoms with Gasteiger partial charge in [-0.1, -0.05) is 42.5 Å². The molecule has 1 saturated heterocycles. The molecule has 2 atom stereocenters. The molecule has 0 aliphatic carbocycles. The molecule has 11 heteroatoms. The van der Waals surface area contributed by atoms with E-state index in [9.17, 15) is 14.9 Å². The number of ether oxygens (including phenoxy) is 1. The first kappa shape index (κ1) is 29.8. The van der Waals surface area contributed by atoms with Crippen molar-refractivity contribution in [1.82, 2.24) is 19.8 Å². The van der Waals surface area contributed by atoms with Gasteiger partial charge in [0, 0.05) is 53.8 Å². The number of hydrogen-bond acceptors (Lipinski definition) is 6. The van der Waals surface area contributed by atoms with E-state index in [4.69, 9.17) is 17.0 Å². The van der Waals surface area contributed by atoms with Crippen molar-refractivity contribution in [3.63, 3.8) is 0 Å². The number of benzene rings is 3. The van der Waals surface area contributed by atoms with Gasteiger partial charge in [0.1, 0.15) is 5.75 Å². The zero-order valence-corrected chi connectivity index (χ0v) is 25.9. The summed E-state index contributed by atoms with van der Waals surface area (Å²) in [5, 5.41) is 20.7. The highest BCUT2D eigenvalue weighted by Gasteiger charge is 2.41. The van der Waals surface area contributed by atoms with Crippen molar-refractivity contribution in [2.75, 3.05) is 19.0 Å². The van der Waals surface area contributed by atoms with Crippen LogP contribution in [0.5, 0.6) is 5.75 Å². The van der Waals surface area contributed by atoms with Crippen LogP contribution < -0.4 is 15.4 Å². The lowest BCUT2D eigenvalue weighted by molar-refractivity contribution is -0.384. The zero-order chi connectivity index (χ0) is 31.7. The van der Waals surface area contributed by atoms with Crippen molar-refractivity contribution in [2.24, 2.45) is 0 Å². The number of amides is 1. The van der Waals surface area contributed by atoms with Crippen LogP contribution in [0.15, 0.2) is 91.1 Å². The predicted octanol–water partition coefficient (Wildman–Crippen LogP) is 6.56. The van der Waals surface area contributed by atoms with Gasteiger partial charge in [-0.15, -0.1) is 0 Å². The summed E-state index contributed by atoms with van der Waals surface area (Å²) in [5.74, 6) is 0.387. The molecular formula is C34H32N6O4S. The lowest BCUT2D eigenvalue weighted by Gasteiger charge is -2.28. The van der Waals surface area contributed by atoms with Crippen molar-refractivity contribution in [1.29, 1.82) is 0 Å². The Morgan fingerprint density at radius 3 is 2.60 bits per heavy atom. The van der Waals surface area contributed by atoms with Gasteiger partial charge < -0.3 is 24.8 Å². The molecule has 0 saturated carbocycles. The summed E-state index contributed by atoms with van der Waals surface area (Å²) in [6.07, 6.45) is 1.95. The van der Waals surface area contributed by atoms with Crippen LogP contribution in [0.4, 0.5) is 11.4 Å². The van der Waals surface area contributed by atoms with Crippen molar-refractivity contribution >= 4 is 45.4 Å². The predicted molar refractivity (Wildman–Crippen MR) is 178 cm³/mol. The summed E-state index contributed by atoms with van der Waals surface area (Å²) in [7, 11) is 1.54. The first-order valence-corrected chi connectivity index (χ1v) is 14.9. The fourth-order valence-electron chi connectivity index (χ4n) is 6.18. The van der Waals surface area contributed by atoms with Crippen LogP contribution in [0.2, 0.25) is 0 Å². The minimum Gasteiger partial charge on any atom is -0.495 e. The third-order valence-electron chi connectivity index (χ3n) is 8.24. The molecule has 45 heavy (non-hydrogen) atoms. The van der Waals surface area contributed by atoms with Gasteiger partial charge in [-0.2, -0.15) is 0 Å². The highest BCUT2D eigenvalue weighted by atomic mass is 32.1. The molecule has 0 unspecified atom stereocenters. The Morgan fingerprint density at radius 1 is 1.07 bits per heavy atom. The third kappa shape index (κ3) is 5.69. The molecule has 6 rings (SSSR count).